The van der Waals surface area contributed by atoms with Gasteiger partial charge in [-0.05, 0) is 18.2 Å². The van der Waals surface area contributed by atoms with Gasteiger partial charge >= 0.3 is 5.97 Å². The molecule has 1 amide bonds. The van der Waals surface area contributed by atoms with Crippen LogP contribution in [0, 0.1) is 0 Å². The lowest BCUT2D eigenvalue weighted by Crippen LogP contribution is -2.50. The summed E-state index contributed by atoms with van der Waals surface area (Å²) in [5.41, 5.74) is 0.527. The molecule has 1 heterocycles. The first kappa shape index (κ1) is 16.6. The van der Waals surface area contributed by atoms with E-state index in [-0.39, 0.29) is 5.91 Å². The van der Waals surface area contributed by atoms with Crippen molar-refractivity contribution in [2.75, 3.05) is 33.3 Å². The Balaban J connectivity index is 2.27. The molecule has 120 valence electrons. The third kappa shape index (κ3) is 3.51. The standard InChI is InChI=1S/C15H19ClN2O4/c1-10(19)17-5-7-18(8-6-17)14(15(20)21)12-9-11(16)3-4-13(12)22-2/h3-4,9,14H,5-8H2,1-2H3,(H,20,21)/t14-/m1/s1. The average molecular weight is 327 g/mol. The van der Waals surface area contributed by atoms with Crippen LogP contribution in [0.15, 0.2) is 18.2 Å². The number of nitrogens with zero attached hydrogens (tertiary/aromatic N) is 2. The summed E-state index contributed by atoms with van der Waals surface area (Å²) in [5, 5.41) is 10.1. The Morgan fingerprint density at radius 2 is 1.91 bits per heavy atom. The number of amides is 1. The molecule has 1 N–H and O–H groups in total. The van der Waals surface area contributed by atoms with E-state index in [1.54, 1.807) is 23.1 Å². The Hall–Kier alpha value is -1.79. The highest BCUT2D eigenvalue weighted by molar-refractivity contribution is 6.30. The Morgan fingerprint density at radius 1 is 1.27 bits per heavy atom. The minimum absolute atomic E-state index is 0.00635. The maximum Gasteiger partial charge on any atom is 0.325 e. The van der Waals surface area contributed by atoms with Crippen LogP contribution < -0.4 is 4.74 Å². The van der Waals surface area contributed by atoms with Crippen LogP contribution in [0.2, 0.25) is 5.02 Å². The van der Waals surface area contributed by atoms with Crippen molar-refractivity contribution in [2.45, 2.75) is 13.0 Å². The van der Waals surface area contributed by atoms with E-state index in [1.165, 1.54) is 14.0 Å². The van der Waals surface area contributed by atoms with Crippen molar-refractivity contribution in [3.63, 3.8) is 0 Å². The number of rotatable bonds is 4. The Bertz CT molecular complexity index is 571. The number of aliphatic carboxylic acids is 1. The maximum absolute atomic E-state index is 11.8. The molecule has 0 aliphatic carbocycles. The highest BCUT2D eigenvalue weighted by atomic mass is 35.5. The second-order valence-electron chi connectivity index (χ2n) is 5.17. The van der Waals surface area contributed by atoms with Crippen LogP contribution in [-0.2, 0) is 9.59 Å². The molecular weight excluding hydrogens is 308 g/mol. The molecule has 0 spiro atoms. The summed E-state index contributed by atoms with van der Waals surface area (Å²) in [7, 11) is 1.50. The summed E-state index contributed by atoms with van der Waals surface area (Å²) in [6.45, 7) is 3.53. The molecule has 0 unspecified atom stereocenters. The summed E-state index contributed by atoms with van der Waals surface area (Å²) >= 11 is 6.01. The fourth-order valence-corrected chi connectivity index (χ4v) is 2.88. The van der Waals surface area contributed by atoms with E-state index in [4.69, 9.17) is 16.3 Å². The van der Waals surface area contributed by atoms with E-state index >= 15 is 0 Å². The smallest absolute Gasteiger partial charge is 0.325 e. The van der Waals surface area contributed by atoms with Gasteiger partial charge in [-0.2, -0.15) is 0 Å². The van der Waals surface area contributed by atoms with Gasteiger partial charge in [-0.15, -0.1) is 0 Å². The second kappa shape index (κ2) is 6.98. The molecule has 1 aromatic carbocycles. The summed E-state index contributed by atoms with van der Waals surface area (Å²) in [6, 6.07) is 4.11. The van der Waals surface area contributed by atoms with Gasteiger partial charge in [0, 0.05) is 43.7 Å². The fraction of sp³-hybridized carbons (Fsp3) is 0.467. The van der Waals surface area contributed by atoms with Gasteiger partial charge in [0.2, 0.25) is 5.91 Å². The molecule has 0 aromatic heterocycles. The van der Waals surface area contributed by atoms with Gasteiger partial charge < -0.3 is 14.7 Å². The van der Waals surface area contributed by atoms with Crippen LogP contribution >= 0.6 is 11.6 Å². The molecular formula is C15H19ClN2O4. The van der Waals surface area contributed by atoms with Crippen LogP contribution in [0.4, 0.5) is 0 Å². The van der Waals surface area contributed by atoms with Crippen molar-refractivity contribution >= 4 is 23.5 Å². The Kier molecular flexibility index (Phi) is 5.26. The normalized spacial score (nSPS) is 17.1. The monoisotopic (exact) mass is 326 g/mol. The molecule has 6 nitrogen and oxygen atoms in total. The molecule has 0 radical (unpaired) electrons. The molecule has 0 bridgehead atoms. The number of methoxy groups -OCH3 is 1. The SMILES string of the molecule is COc1ccc(Cl)cc1[C@H](C(=O)O)N1CCN(C(C)=O)CC1. The average Bonchev–Trinajstić information content (AvgIpc) is 2.48. The van der Waals surface area contributed by atoms with Crippen LogP contribution in [0.3, 0.4) is 0 Å². The van der Waals surface area contributed by atoms with Crippen molar-refractivity contribution in [1.82, 2.24) is 9.80 Å². The summed E-state index contributed by atoms with van der Waals surface area (Å²) in [5.74, 6) is -0.463. The van der Waals surface area contributed by atoms with Gasteiger partial charge in [0.1, 0.15) is 11.8 Å². The molecule has 1 fully saturated rings. The van der Waals surface area contributed by atoms with E-state index < -0.39 is 12.0 Å². The molecule has 22 heavy (non-hydrogen) atoms. The molecule has 1 saturated heterocycles. The molecule has 2 rings (SSSR count). The van der Waals surface area contributed by atoms with E-state index in [1.807, 2.05) is 4.90 Å². The second-order valence-corrected chi connectivity index (χ2v) is 5.61. The maximum atomic E-state index is 11.8. The van der Waals surface area contributed by atoms with E-state index in [2.05, 4.69) is 0 Å². The van der Waals surface area contributed by atoms with Crippen molar-refractivity contribution in [2.24, 2.45) is 0 Å². The Morgan fingerprint density at radius 3 is 2.41 bits per heavy atom. The zero-order valence-corrected chi connectivity index (χ0v) is 13.3. The van der Waals surface area contributed by atoms with Crippen molar-refractivity contribution < 1.29 is 19.4 Å². The molecule has 7 heteroatoms. The topological polar surface area (TPSA) is 70.1 Å². The number of hydrogen-bond donors (Lipinski definition) is 1. The zero-order valence-electron chi connectivity index (χ0n) is 12.6. The van der Waals surface area contributed by atoms with Crippen LogP contribution in [-0.4, -0.2) is 60.1 Å². The number of hydrogen-bond acceptors (Lipinski definition) is 4. The van der Waals surface area contributed by atoms with Gasteiger partial charge in [0.05, 0.1) is 7.11 Å². The summed E-state index contributed by atoms with van der Waals surface area (Å²) in [4.78, 5) is 26.7. The quantitative estimate of drug-likeness (QED) is 0.911. The number of benzene rings is 1. The van der Waals surface area contributed by atoms with Gasteiger partial charge in [0.15, 0.2) is 0 Å². The van der Waals surface area contributed by atoms with Gasteiger partial charge in [0.25, 0.3) is 0 Å². The lowest BCUT2D eigenvalue weighted by Gasteiger charge is -2.37. The summed E-state index contributed by atoms with van der Waals surface area (Å²) in [6.07, 6.45) is 0. The van der Waals surface area contributed by atoms with Gasteiger partial charge in [-0.25, -0.2) is 0 Å². The minimum atomic E-state index is -0.961. The number of carbonyl (C=O) groups excluding carboxylic acids is 1. The van der Waals surface area contributed by atoms with Gasteiger partial charge in [-0.3, -0.25) is 14.5 Å². The molecule has 0 saturated carbocycles. The predicted octanol–water partition coefficient (Wildman–Crippen LogP) is 1.64. The lowest BCUT2D eigenvalue weighted by atomic mass is 10.0. The Labute approximate surface area is 134 Å². The van der Waals surface area contributed by atoms with Crippen LogP contribution in [0.5, 0.6) is 5.75 Å². The number of carbonyl (C=O) groups is 2. The van der Waals surface area contributed by atoms with E-state index in [9.17, 15) is 14.7 Å². The number of piperazine rings is 1. The summed E-state index contributed by atoms with van der Waals surface area (Å²) < 4.78 is 5.27. The first-order chi connectivity index (χ1) is 10.4. The van der Waals surface area contributed by atoms with Crippen molar-refractivity contribution in [3.05, 3.63) is 28.8 Å². The molecule has 1 aromatic rings. The van der Waals surface area contributed by atoms with E-state index in [0.29, 0.717) is 42.5 Å². The third-order valence-corrected chi connectivity index (χ3v) is 4.08. The van der Waals surface area contributed by atoms with Gasteiger partial charge in [-0.1, -0.05) is 11.6 Å². The van der Waals surface area contributed by atoms with E-state index in [0.717, 1.165) is 0 Å². The van der Waals surface area contributed by atoms with Crippen molar-refractivity contribution in [1.29, 1.82) is 0 Å². The highest BCUT2D eigenvalue weighted by Crippen LogP contribution is 2.32. The highest BCUT2D eigenvalue weighted by Gasteiger charge is 2.33. The largest absolute Gasteiger partial charge is 0.496 e. The number of ether oxygens (including phenoxy) is 1. The first-order valence-corrected chi connectivity index (χ1v) is 7.37. The molecule has 1 aliphatic rings. The first-order valence-electron chi connectivity index (χ1n) is 7.00. The van der Waals surface area contributed by atoms with Crippen LogP contribution in [0.25, 0.3) is 0 Å². The fourth-order valence-electron chi connectivity index (χ4n) is 2.70. The number of carboxylic acid groups (broad SMARTS) is 1. The minimum Gasteiger partial charge on any atom is -0.496 e. The predicted molar refractivity (Wildman–Crippen MR) is 82.2 cm³/mol. The number of carboxylic acids is 1. The third-order valence-electron chi connectivity index (χ3n) is 3.84. The molecule has 1 atom stereocenters. The number of halogens is 1. The molecule has 1 aliphatic heterocycles. The van der Waals surface area contributed by atoms with Crippen LogP contribution in [0.1, 0.15) is 18.5 Å². The lowest BCUT2D eigenvalue weighted by molar-refractivity contribution is -0.145. The zero-order chi connectivity index (χ0) is 16.3. The van der Waals surface area contributed by atoms with Crippen molar-refractivity contribution in [3.8, 4) is 5.75 Å².